The van der Waals surface area contributed by atoms with E-state index < -0.39 is 0 Å². The second kappa shape index (κ2) is 4.95. The van der Waals surface area contributed by atoms with E-state index in [4.69, 9.17) is 0 Å². The fourth-order valence-corrected chi connectivity index (χ4v) is 1.79. The standard InChI is InChI=1S/C15H16O/c1-2-15(16)14-10-6-9-13(11-14)12-7-4-3-5-8-12/h3-11,15-16H,2H2,1H3. The van der Waals surface area contributed by atoms with Crippen LogP contribution in [0.15, 0.2) is 54.6 Å². The van der Waals surface area contributed by atoms with Gasteiger partial charge in [-0.3, -0.25) is 0 Å². The van der Waals surface area contributed by atoms with E-state index in [0.717, 1.165) is 17.5 Å². The zero-order valence-electron chi connectivity index (χ0n) is 9.43. The molecule has 0 aliphatic rings. The van der Waals surface area contributed by atoms with Crippen LogP contribution in [0.1, 0.15) is 25.0 Å². The quantitative estimate of drug-likeness (QED) is 0.820. The highest BCUT2D eigenvalue weighted by atomic mass is 16.3. The molecular weight excluding hydrogens is 196 g/mol. The molecule has 0 aromatic heterocycles. The van der Waals surface area contributed by atoms with E-state index in [1.165, 1.54) is 5.56 Å². The lowest BCUT2D eigenvalue weighted by molar-refractivity contribution is 0.174. The van der Waals surface area contributed by atoms with Crippen molar-refractivity contribution in [2.24, 2.45) is 0 Å². The van der Waals surface area contributed by atoms with Crippen LogP contribution in [-0.2, 0) is 0 Å². The Balaban J connectivity index is 2.36. The minimum Gasteiger partial charge on any atom is -0.388 e. The first-order valence-electron chi connectivity index (χ1n) is 5.64. The molecule has 82 valence electrons. The van der Waals surface area contributed by atoms with Crippen LogP contribution in [0.25, 0.3) is 11.1 Å². The summed E-state index contributed by atoms with van der Waals surface area (Å²) in [6.45, 7) is 1.99. The van der Waals surface area contributed by atoms with Gasteiger partial charge in [0.2, 0.25) is 0 Å². The molecule has 2 aromatic carbocycles. The normalized spacial score (nSPS) is 12.4. The third-order valence-electron chi connectivity index (χ3n) is 2.77. The molecule has 0 saturated carbocycles. The first-order chi connectivity index (χ1) is 7.81. The minimum atomic E-state index is -0.358. The predicted octanol–water partition coefficient (Wildman–Crippen LogP) is 3.80. The molecule has 0 saturated heterocycles. The summed E-state index contributed by atoms with van der Waals surface area (Å²) in [5, 5.41) is 9.80. The Morgan fingerprint density at radius 2 is 1.62 bits per heavy atom. The molecule has 0 spiro atoms. The number of aliphatic hydroxyl groups excluding tert-OH is 1. The second-order valence-corrected chi connectivity index (χ2v) is 3.92. The first-order valence-corrected chi connectivity index (χ1v) is 5.64. The summed E-state index contributed by atoms with van der Waals surface area (Å²) in [6, 6.07) is 18.3. The van der Waals surface area contributed by atoms with Gasteiger partial charge in [-0.25, -0.2) is 0 Å². The first kappa shape index (κ1) is 10.9. The van der Waals surface area contributed by atoms with Crippen LogP contribution in [0.5, 0.6) is 0 Å². The van der Waals surface area contributed by atoms with E-state index in [2.05, 4.69) is 24.3 Å². The van der Waals surface area contributed by atoms with Gasteiger partial charge in [-0.15, -0.1) is 0 Å². The SMILES string of the molecule is CCC(O)c1cccc(-c2ccccc2)c1. The summed E-state index contributed by atoms with van der Waals surface area (Å²) < 4.78 is 0. The summed E-state index contributed by atoms with van der Waals surface area (Å²) in [7, 11) is 0. The van der Waals surface area contributed by atoms with Crippen molar-refractivity contribution in [2.45, 2.75) is 19.4 Å². The molecule has 1 heteroatoms. The van der Waals surface area contributed by atoms with E-state index in [1.807, 2.05) is 37.3 Å². The molecule has 2 aromatic rings. The average Bonchev–Trinajstić information content (AvgIpc) is 2.39. The molecule has 16 heavy (non-hydrogen) atoms. The van der Waals surface area contributed by atoms with Gasteiger partial charge in [-0.05, 0) is 29.2 Å². The molecule has 0 amide bonds. The Labute approximate surface area is 96.4 Å². The summed E-state index contributed by atoms with van der Waals surface area (Å²) in [5.74, 6) is 0. The van der Waals surface area contributed by atoms with Crippen LogP contribution in [0.2, 0.25) is 0 Å². The Hall–Kier alpha value is -1.60. The van der Waals surface area contributed by atoms with Gasteiger partial charge in [0.15, 0.2) is 0 Å². The lowest BCUT2D eigenvalue weighted by atomic mass is 10.00. The fraction of sp³-hybridized carbons (Fsp3) is 0.200. The number of benzene rings is 2. The van der Waals surface area contributed by atoms with Crippen molar-refractivity contribution in [1.29, 1.82) is 0 Å². The number of rotatable bonds is 3. The monoisotopic (exact) mass is 212 g/mol. The Morgan fingerprint density at radius 3 is 2.31 bits per heavy atom. The summed E-state index contributed by atoms with van der Waals surface area (Å²) in [4.78, 5) is 0. The van der Waals surface area contributed by atoms with E-state index >= 15 is 0 Å². The third-order valence-corrected chi connectivity index (χ3v) is 2.77. The van der Waals surface area contributed by atoms with Gasteiger partial charge in [-0.1, -0.05) is 55.5 Å². The highest BCUT2D eigenvalue weighted by molar-refractivity contribution is 5.64. The smallest absolute Gasteiger partial charge is 0.0787 e. The largest absolute Gasteiger partial charge is 0.388 e. The lowest BCUT2D eigenvalue weighted by Gasteiger charge is -2.10. The van der Waals surface area contributed by atoms with Crippen molar-refractivity contribution in [3.63, 3.8) is 0 Å². The van der Waals surface area contributed by atoms with Crippen LogP contribution in [0, 0.1) is 0 Å². The van der Waals surface area contributed by atoms with Gasteiger partial charge < -0.3 is 5.11 Å². The van der Waals surface area contributed by atoms with E-state index in [9.17, 15) is 5.11 Å². The fourth-order valence-electron chi connectivity index (χ4n) is 1.79. The van der Waals surface area contributed by atoms with Crippen LogP contribution in [0.3, 0.4) is 0 Å². The Kier molecular flexibility index (Phi) is 3.37. The molecule has 0 aliphatic carbocycles. The molecular formula is C15H16O. The zero-order valence-corrected chi connectivity index (χ0v) is 9.43. The average molecular weight is 212 g/mol. The molecule has 1 atom stereocenters. The highest BCUT2D eigenvalue weighted by Gasteiger charge is 2.05. The maximum absolute atomic E-state index is 9.80. The van der Waals surface area contributed by atoms with Gasteiger partial charge in [0.05, 0.1) is 6.10 Å². The Bertz CT molecular complexity index is 448. The van der Waals surface area contributed by atoms with Crippen molar-refractivity contribution in [3.8, 4) is 11.1 Å². The zero-order chi connectivity index (χ0) is 11.4. The van der Waals surface area contributed by atoms with Crippen molar-refractivity contribution in [2.75, 3.05) is 0 Å². The number of aliphatic hydroxyl groups is 1. The van der Waals surface area contributed by atoms with Crippen molar-refractivity contribution < 1.29 is 5.11 Å². The molecule has 1 unspecified atom stereocenters. The summed E-state index contributed by atoms with van der Waals surface area (Å²) in [6.07, 6.45) is 0.391. The van der Waals surface area contributed by atoms with Crippen molar-refractivity contribution in [1.82, 2.24) is 0 Å². The lowest BCUT2D eigenvalue weighted by Crippen LogP contribution is -1.94. The topological polar surface area (TPSA) is 20.2 Å². The molecule has 0 fully saturated rings. The minimum absolute atomic E-state index is 0.358. The second-order valence-electron chi connectivity index (χ2n) is 3.92. The summed E-state index contributed by atoms with van der Waals surface area (Å²) >= 11 is 0. The molecule has 0 radical (unpaired) electrons. The molecule has 2 rings (SSSR count). The van der Waals surface area contributed by atoms with Crippen LogP contribution in [0.4, 0.5) is 0 Å². The molecule has 0 bridgehead atoms. The molecule has 0 aliphatic heterocycles. The van der Waals surface area contributed by atoms with Gasteiger partial charge in [0.25, 0.3) is 0 Å². The van der Waals surface area contributed by atoms with Crippen LogP contribution in [-0.4, -0.2) is 5.11 Å². The van der Waals surface area contributed by atoms with Crippen molar-refractivity contribution >= 4 is 0 Å². The van der Waals surface area contributed by atoms with Gasteiger partial charge in [0, 0.05) is 0 Å². The Morgan fingerprint density at radius 1 is 0.938 bits per heavy atom. The van der Waals surface area contributed by atoms with Crippen LogP contribution < -0.4 is 0 Å². The van der Waals surface area contributed by atoms with Gasteiger partial charge >= 0.3 is 0 Å². The highest BCUT2D eigenvalue weighted by Crippen LogP contribution is 2.24. The van der Waals surface area contributed by atoms with Gasteiger partial charge in [0.1, 0.15) is 0 Å². The number of hydrogen-bond acceptors (Lipinski definition) is 1. The molecule has 1 N–H and O–H groups in total. The van der Waals surface area contributed by atoms with E-state index in [0.29, 0.717) is 0 Å². The number of hydrogen-bond donors (Lipinski definition) is 1. The maximum atomic E-state index is 9.80. The van der Waals surface area contributed by atoms with Gasteiger partial charge in [-0.2, -0.15) is 0 Å². The maximum Gasteiger partial charge on any atom is 0.0787 e. The third kappa shape index (κ3) is 2.31. The summed E-state index contributed by atoms with van der Waals surface area (Å²) in [5.41, 5.74) is 3.34. The van der Waals surface area contributed by atoms with Crippen molar-refractivity contribution in [3.05, 3.63) is 60.2 Å². The van der Waals surface area contributed by atoms with E-state index in [1.54, 1.807) is 0 Å². The van der Waals surface area contributed by atoms with Crippen LogP contribution >= 0.6 is 0 Å². The predicted molar refractivity (Wildman–Crippen MR) is 67.1 cm³/mol. The molecule has 1 nitrogen and oxygen atoms in total. The molecule has 0 heterocycles. The van der Waals surface area contributed by atoms with E-state index in [-0.39, 0.29) is 6.10 Å².